The molecule has 2 aromatic carbocycles. The van der Waals surface area contributed by atoms with Gasteiger partial charge < -0.3 is 15.0 Å². The van der Waals surface area contributed by atoms with E-state index < -0.39 is 0 Å². The van der Waals surface area contributed by atoms with Crippen molar-refractivity contribution in [2.75, 3.05) is 6.61 Å². The molecule has 6 nitrogen and oxygen atoms in total. The fourth-order valence-electron chi connectivity index (χ4n) is 2.89. The Balaban J connectivity index is 1.49. The van der Waals surface area contributed by atoms with Crippen LogP contribution in [0.4, 0.5) is 0 Å². The average molecular weight is 379 g/mol. The van der Waals surface area contributed by atoms with Gasteiger partial charge in [-0.3, -0.25) is 9.59 Å². The Hall–Kier alpha value is -3.15. The number of hydrogen-bond acceptors (Lipinski definition) is 4. The van der Waals surface area contributed by atoms with Crippen LogP contribution in [0.3, 0.4) is 0 Å². The first-order valence-corrected chi connectivity index (χ1v) is 9.57. The number of rotatable bonds is 9. The molecule has 1 unspecified atom stereocenters. The molecule has 0 aliphatic carbocycles. The molecule has 1 heterocycles. The Morgan fingerprint density at radius 2 is 1.86 bits per heavy atom. The van der Waals surface area contributed by atoms with Crippen LogP contribution in [0.5, 0.6) is 5.75 Å². The Labute approximate surface area is 164 Å². The molecule has 0 radical (unpaired) electrons. The highest BCUT2D eigenvalue weighted by Crippen LogP contribution is 2.17. The summed E-state index contributed by atoms with van der Waals surface area (Å²) in [5.74, 6) is 1.21. The molecule has 0 aliphatic rings. The minimum absolute atomic E-state index is 0.0615. The SMILES string of the molecule is CCCOc1ccc(C(=O)CCC(=O)NC(C)c2nc3ccccc3[nH]2)cc1. The van der Waals surface area contributed by atoms with Crippen molar-refractivity contribution < 1.29 is 14.3 Å². The van der Waals surface area contributed by atoms with Gasteiger partial charge in [0.25, 0.3) is 0 Å². The van der Waals surface area contributed by atoms with Crippen molar-refractivity contribution in [3.8, 4) is 5.75 Å². The first-order chi connectivity index (χ1) is 13.6. The van der Waals surface area contributed by atoms with Crippen LogP contribution in [-0.4, -0.2) is 28.3 Å². The number of carbonyl (C=O) groups is 2. The maximum absolute atomic E-state index is 12.3. The largest absolute Gasteiger partial charge is 0.494 e. The lowest BCUT2D eigenvalue weighted by Gasteiger charge is -2.11. The van der Waals surface area contributed by atoms with Gasteiger partial charge in [-0.1, -0.05) is 19.1 Å². The summed E-state index contributed by atoms with van der Waals surface area (Å²) in [4.78, 5) is 32.2. The van der Waals surface area contributed by atoms with E-state index in [2.05, 4.69) is 15.3 Å². The van der Waals surface area contributed by atoms with Gasteiger partial charge in [-0.2, -0.15) is 0 Å². The van der Waals surface area contributed by atoms with E-state index in [0.29, 0.717) is 18.0 Å². The molecule has 2 N–H and O–H groups in total. The lowest BCUT2D eigenvalue weighted by atomic mass is 10.1. The second-order valence-electron chi connectivity index (χ2n) is 6.72. The number of imidazole rings is 1. The molecule has 6 heteroatoms. The topological polar surface area (TPSA) is 84.1 Å². The monoisotopic (exact) mass is 379 g/mol. The van der Waals surface area contributed by atoms with Crippen molar-refractivity contribution in [2.24, 2.45) is 0 Å². The van der Waals surface area contributed by atoms with Gasteiger partial charge in [0.2, 0.25) is 5.91 Å². The van der Waals surface area contributed by atoms with Crippen molar-refractivity contribution in [1.29, 1.82) is 0 Å². The Morgan fingerprint density at radius 1 is 1.11 bits per heavy atom. The maximum Gasteiger partial charge on any atom is 0.221 e. The lowest BCUT2D eigenvalue weighted by Crippen LogP contribution is -2.27. The third-order valence-electron chi connectivity index (χ3n) is 4.42. The highest BCUT2D eigenvalue weighted by atomic mass is 16.5. The molecular formula is C22H25N3O3. The number of hydrogen-bond donors (Lipinski definition) is 2. The van der Waals surface area contributed by atoms with Crippen LogP contribution in [0.15, 0.2) is 48.5 Å². The molecule has 0 aliphatic heterocycles. The molecule has 3 aromatic rings. The van der Waals surface area contributed by atoms with E-state index in [9.17, 15) is 9.59 Å². The Kier molecular flexibility index (Phi) is 6.42. The predicted molar refractivity (Wildman–Crippen MR) is 108 cm³/mol. The molecule has 28 heavy (non-hydrogen) atoms. The van der Waals surface area contributed by atoms with Gasteiger partial charge in [-0.15, -0.1) is 0 Å². The summed E-state index contributed by atoms with van der Waals surface area (Å²) in [6.45, 7) is 4.56. The van der Waals surface area contributed by atoms with Gasteiger partial charge in [-0.05, 0) is 49.7 Å². The van der Waals surface area contributed by atoms with E-state index in [1.807, 2.05) is 38.1 Å². The van der Waals surface area contributed by atoms with E-state index in [0.717, 1.165) is 23.2 Å². The minimum atomic E-state index is -0.259. The predicted octanol–water partition coefficient (Wildman–Crippen LogP) is 4.19. The molecular weight excluding hydrogens is 354 g/mol. The number of para-hydroxylation sites is 2. The van der Waals surface area contributed by atoms with E-state index in [1.165, 1.54) is 0 Å². The van der Waals surface area contributed by atoms with Crippen molar-refractivity contribution in [3.63, 3.8) is 0 Å². The van der Waals surface area contributed by atoms with Crippen LogP contribution < -0.4 is 10.1 Å². The fraction of sp³-hybridized carbons (Fsp3) is 0.318. The van der Waals surface area contributed by atoms with Crippen molar-refractivity contribution >= 4 is 22.7 Å². The summed E-state index contributed by atoms with van der Waals surface area (Å²) >= 11 is 0. The zero-order chi connectivity index (χ0) is 19.9. The standard InChI is InChI=1S/C22H25N3O3/c1-3-14-28-17-10-8-16(9-11-17)20(26)12-13-21(27)23-15(2)22-24-18-6-4-5-7-19(18)25-22/h4-11,15H,3,12-14H2,1-2H3,(H,23,27)(H,24,25). The summed E-state index contributed by atoms with van der Waals surface area (Å²) in [6, 6.07) is 14.5. The number of amides is 1. The zero-order valence-corrected chi connectivity index (χ0v) is 16.2. The van der Waals surface area contributed by atoms with Crippen LogP contribution in [0.2, 0.25) is 0 Å². The van der Waals surface area contributed by atoms with Crippen LogP contribution in [-0.2, 0) is 4.79 Å². The number of H-pyrrole nitrogens is 1. The molecule has 0 fully saturated rings. The lowest BCUT2D eigenvalue weighted by molar-refractivity contribution is -0.121. The van der Waals surface area contributed by atoms with Gasteiger partial charge >= 0.3 is 0 Å². The van der Waals surface area contributed by atoms with E-state index >= 15 is 0 Å². The Bertz CT molecular complexity index is 914. The van der Waals surface area contributed by atoms with Gasteiger partial charge in [-0.25, -0.2) is 4.98 Å². The normalized spacial score (nSPS) is 11.9. The smallest absolute Gasteiger partial charge is 0.221 e. The molecule has 146 valence electrons. The van der Waals surface area contributed by atoms with Gasteiger partial charge in [0.05, 0.1) is 23.7 Å². The number of aromatic nitrogens is 2. The molecule has 0 spiro atoms. The summed E-state index contributed by atoms with van der Waals surface area (Å²) in [7, 11) is 0. The van der Waals surface area contributed by atoms with Gasteiger partial charge in [0.1, 0.15) is 11.6 Å². The summed E-state index contributed by atoms with van der Waals surface area (Å²) in [5.41, 5.74) is 2.38. The molecule has 1 atom stereocenters. The van der Waals surface area contributed by atoms with Crippen molar-refractivity contribution in [3.05, 3.63) is 59.9 Å². The number of fused-ring (bicyclic) bond motifs is 1. The summed E-state index contributed by atoms with van der Waals surface area (Å²) in [5, 5.41) is 2.89. The number of ether oxygens (including phenoxy) is 1. The Morgan fingerprint density at radius 3 is 2.57 bits per heavy atom. The van der Waals surface area contributed by atoms with Gasteiger partial charge in [0, 0.05) is 18.4 Å². The molecule has 0 saturated heterocycles. The van der Waals surface area contributed by atoms with E-state index in [4.69, 9.17) is 4.74 Å². The number of carbonyl (C=O) groups excluding carboxylic acids is 2. The number of aromatic amines is 1. The van der Waals surface area contributed by atoms with Crippen molar-refractivity contribution in [2.45, 2.75) is 39.2 Å². The van der Waals surface area contributed by atoms with E-state index in [1.54, 1.807) is 24.3 Å². The molecule has 0 bridgehead atoms. The second-order valence-corrected chi connectivity index (χ2v) is 6.72. The quantitative estimate of drug-likeness (QED) is 0.546. The number of ketones is 1. The number of nitrogens with zero attached hydrogens (tertiary/aromatic N) is 1. The highest BCUT2D eigenvalue weighted by Gasteiger charge is 2.15. The molecule has 1 amide bonds. The zero-order valence-electron chi connectivity index (χ0n) is 16.2. The average Bonchev–Trinajstić information content (AvgIpc) is 3.15. The second kappa shape index (κ2) is 9.17. The van der Waals surface area contributed by atoms with Gasteiger partial charge in [0.15, 0.2) is 5.78 Å². The van der Waals surface area contributed by atoms with Crippen LogP contribution >= 0.6 is 0 Å². The summed E-state index contributed by atoms with van der Waals surface area (Å²) in [6.07, 6.45) is 1.23. The number of Topliss-reactive ketones (excluding diaryl/α,β-unsaturated/α-hetero) is 1. The third-order valence-corrected chi connectivity index (χ3v) is 4.42. The van der Waals surface area contributed by atoms with Crippen molar-refractivity contribution in [1.82, 2.24) is 15.3 Å². The maximum atomic E-state index is 12.3. The molecule has 1 aromatic heterocycles. The highest BCUT2D eigenvalue weighted by molar-refractivity contribution is 5.98. The molecule has 0 saturated carbocycles. The summed E-state index contributed by atoms with van der Waals surface area (Å²) < 4.78 is 5.51. The molecule has 3 rings (SSSR count). The third kappa shape index (κ3) is 4.97. The number of benzene rings is 2. The van der Waals surface area contributed by atoms with E-state index in [-0.39, 0.29) is 30.6 Å². The first-order valence-electron chi connectivity index (χ1n) is 9.57. The van der Waals surface area contributed by atoms with Crippen LogP contribution in [0.25, 0.3) is 11.0 Å². The number of nitrogens with one attached hydrogen (secondary N) is 2. The first kappa shape index (κ1) is 19.6. The fourth-order valence-corrected chi connectivity index (χ4v) is 2.89. The van der Waals surface area contributed by atoms with Crippen LogP contribution in [0, 0.1) is 0 Å². The minimum Gasteiger partial charge on any atom is -0.494 e. The van der Waals surface area contributed by atoms with Crippen LogP contribution in [0.1, 0.15) is 55.3 Å².